The number of carbonyl (C=O) groups excluding carboxylic acids is 1. The number of allylic oxidation sites excluding steroid dienone is 1. The highest BCUT2D eigenvalue weighted by molar-refractivity contribution is 9.10. The number of nitrogens with zero attached hydrogens (tertiary/aromatic N) is 3. The van der Waals surface area contributed by atoms with Gasteiger partial charge in [-0.25, -0.2) is 4.99 Å². The summed E-state index contributed by atoms with van der Waals surface area (Å²) < 4.78 is 8.17. The lowest BCUT2D eigenvalue weighted by Gasteiger charge is -2.30. The molecule has 0 saturated carbocycles. The molecule has 0 spiro atoms. The highest BCUT2D eigenvalue weighted by atomic mass is 79.9. The third-order valence-corrected chi connectivity index (χ3v) is 8.26. The quantitative estimate of drug-likeness (QED) is 0.143. The minimum absolute atomic E-state index is 0.0369. The van der Waals surface area contributed by atoms with Crippen molar-refractivity contribution in [3.8, 4) is 5.75 Å². The van der Waals surface area contributed by atoms with E-state index in [1.54, 1.807) is 34.9 Å². The molecule has 1 aliphatic heterocycles. The number of esters is 1. The molecular formula is C29H20BrN3O5S. The lowest BCUT2D eigenvalue weighted by molar-refractivity contribution is -0.384. The van der Waals surface area contributed by atoms with Crippen LogP contribution in [0.25, 0.3) is 11.8 Å². The fraction of sp³-hybridized carbons (Fsp3) is 0.138. The molecule has 3 aromatic carbocycles. The average molecular weight is 602 g/mol. The predicted molar refractivity (Wildman–Crippen MR) is 151 cm³/mol. The summed E-state index contributed by atoms with van der Waals surface area (Å²) in [4.78, 5) is 42.3. The van der Waals surface area contributed by atoms with Crippen LogP contribution in [0.5, 0.6) is 5.75 Å². The van der Waals surface area contributed by atoms with E-state index in [1.807, 2.05) is 24.3 Å². The summed E-state index contributed by atoms with van der Waals surface area (Å²) in [7, 11) is 0. The van der Waals surface area contributed by atoms with Gasteiger partial charge < -0.3 is 4.74 Å². The van der Waals surface area contributed by atoms with Crippen LogP contribution in [0.4, 0.5) is 5.69 Å². The number of halogens is 1. The summed E-state index contributed by atoms with van der Waals surface area (Å²) in [5.74, 6) is -0.134. The van der Waals surface area contributed by atoms with Crippen LogP contribution in [0.2, 0.25) is 0 Å². The van der Waals surface area contributed by atoms with Gasteiger partial charge in [0.1, 0.15) is 5.75 Å². The van der Waals surface area contributed by atoms with Crippen molar-refractivity contribution >= 4 is 50.7 Å². The van der Waals surface area contributed by atoms with Crippen molar-refractivity contribution in [2.24, 2.45) is 4.99 Å². The molecule has 0 fully saturated rings. The van der Waals surface area contributed by atoms with E-state index >= 15 is 0 Å². The van der Waals surface area contributed by atoms with Crippen molar-refractivity contribution in [2.75, 3.05) is 0 Å². The van der Waals surface area contributed by atoms with Gasteiger partial charge in [0.25, 0.3) is 11.2 Å². The van der Waals surface area contributed by atoms with Gasteiger partial charge in [-0.15, -0.1) is 0 Å². The summed E-state index contributed by atoms with van der Waals surface area (Å²) in [5, 5.41) is 11.6. The van der Waals surface area contributed by atoms with E-state index in [9.17, 15) is 19.7 Å². The summed E-state index contributed by atoms with van der Waals surface area (Å²) in [6.07, 6.45) is 3.15. The van der Waals surface area contributed by atoms with Crippen LogP contribution in [0, 0.1) is 10.1 Å². The second kappa shape index (κ2) is 9.87. The minimum atomic E-state index is -0.540. The smallest absolute Gasteiger partial charge is 0.308 e. The number of hydrogen-bond acceptors (Lipinski definition) is 7. The molecule has 1 aliphatic carbocycles. The van der Waals surface area contributed by atoms with Gasteiger partial charge in [-0.2, -0.15) is 0 Å². The van der Waals surface area contributed by atoms with Crippen molar-refractivity contribution in [1.29, 1.82) is 0 Å². The molecular weight excluding hydrogens is 582 g/mol. The van der Waals surface area contributed by atoms with Crippen molar-refractivity contribution in [2.45, 2.75) is 25.8 Å². The number of nitro groups is 1. The predicted octanol–water partition coefficient (Wildman–Crippen LogP) is 4.91. The van der Waals surface area contributed by atoms with Crippen LogP contribution in [-0.4, -0.2) is 15.5 Å². The van der Waals surface area contributed by atoms with E-state index in [0.717, 1.165) is 27.7 Å². The van der Waals surface area contributed by atoms with Gasteiger partial charge in [-0.1, -0.05) is 63.7 Å². The molecule has 1 aromatic heterocycles. The highest BCUT2D eigenvalue weighted by Gasteiger charge is 2.33. The van der Waals surface area contributed by atoms with Gasteiger partial charge in [0.05, 0.1) is 21.2 Å². The van der Waals surface area contributed by atoms with Crippen LogP contribution in [0.15, 0.2) is 86.6 Å². The number of nitro benzene ring substituents is 1. The van der Waals surface area contributed by atoms with Crippen molar-refractivity contribution in [1.82, 2.24) is 4.57 Å². The Bertz CT molecular complexity index is 1910. The number of ether oxygens (including phenoxy) is 1. The van der Waals surface area contributed by atoms with E-state index in [2.05, 4.69) is 22.0 Å². The van der Waals surface area contributed by atoms with Crippen molar-refractivity contribution < 1.29 is 14.5 Å². The Morgan fingerprint density at radius 2 is 1.97 bits per heavy atom. The molecule has 10 heteroatoms. The Morgan fingerprint density at radius 3 is 2.77 bits per heavy atom. The van der Waals surface area contributed by atoms with Crippen LogP contribution in [0.1, 0.15) is 41.6 Å². The van der Waals surface area contributed by atoms with E-state index in [-0.39, 0.29) is 11.2 Å². The third-order valence-electron chi connectivity index (χ3n) is 6.78. The fourth-order valence-electron chi connectivity index (χ4n) is 5.15. The van der Waals surface area contributed by atoms with Gasteiger partial charge in [-0.05, 0) is 53.8 Å². The number of fused-ring (bicyclic) bond motifs is 3. The zero-order valence-electron chi connectivity index (χ0n) is 20.6. The number of benzene rings is 3. The van der Waals surface area contributed by atoms with E-state index in [4.69, 9.17) is 9.73 Å². The average Bonchev–Trinajstić information content (AvgIpc) is 3.23. The maximum Gasteiger partial charge on any atom is 0.308 e. The molecule has 0 unspecified atom stereocenters. The van der Waals surface area contributed by atoms with Crippen LogP contribution < -0.4 is 19.6 Å². The van der Waals surface area contributed by atoms with Gasteiger partial charge in [0.15, 0.2) is 4.80 Å². The lowest BCUT2D eigenvalue weighted by atomic mass is 9.83. The van der Waals surface area contributed by atoms with E-state index < -0.39 is 16.9 Å². The second-order valence-electron chi connectivity index (χ2n) is 9.24. The lowest BCUT2D eigenvalue weighted by Crippen LogP contribution is -2.38. The fourth-order valence-corrected chi connectivity index (χ4v) is 6.52. The summed E-state index contributed by atoms with van der Waals surface area (Å²) in [5.41, 5.74) is 4.86. The highest BCUT2D eigenvalue weighted by Crippen LogP contribution is 2.41. The molecule has 194 valence electrons. The first-order valence-electron chi connectivity index (χ1n) is 12.2. The topological polar surface area (TPSA) is 104 Å². The SMILES string of the molecule is CC(=O)Oc1ccc(Br)cc1/C=c1/sc2n(c1=O)[C@H](c1cccc([N+](=O)[O-])c1)C1=C(N=2)c2ccccc2CC1. The molecule has 0 saturated heterocycles. The standard InChI is InChI=1S/C29H20BrN3O5S/c1-16(34)38-24-12-10-20(30)13-19(24)15-25-28(35)32-27(18-6-4-7-21(14-18)33(36)37)23-11-9-17-5-2-3-8-22(17)26(23)31-29(32)39-25/h2-8,10,12-15,27H,9,11H2,1H3/b25-15+/t27-/m1/s1. The molecule has 6 rings (SSSR count). The number of rotatable bonds is 4. The van der Waals surface area contributed by atoms with Gasteiger partial charge in [0, 0.05) is 34.7 Å². The largest absolute Gasteiger partial charge is 0.426 e. The molecule has 1 atom stereocenters. The summed E-state index contributed by atoms with van der Waals surface area (Å²) >= 11 is 4.68. The number of hydrogen-bond donors (Lipinski definition) is 0. The second-order valence-corrected chi connectivity index (χ2v) is 11.2. The number of aryl methyl sites for hydroxylation is 1. The van der Waals surface area contributed by atoms with Crippen LogP contribution >= 0.6 is 27.3 Å². The monoisotopic (exact) mass is 601 g/mol. The molecule has 8 nitrogen and oxygen atoms in total. The number of non-ortho nitro benzene ring substituents is 1. The first-order chi connectivity index (χ1) is 18.8. The molecule has 2 aliphatic rings. The van der Waals surface area contributed by atoms with Gasteiger partial charge in [0.2, 0.25) is 0 Å². The van der Waals surface area contributed by atoms with Crippen molar-refractivity contribution in [3.05, 3.63) is 129 Å². The molecule has 4 aromatic rings. The molecule has 39 heavy (non-hydrogen) atoms. The molecule has 0 radical (unpaired) electrons. The van der Waals surface area contributed by atoms with Gasteiger partial charge >= 0.3 is 5.97 Å². The molecule has 0 amide bonds. The normalized spacial score (nSPS) is 16.2. The van der Waals surface area contributed by atoms with E-state index in [1.165, 1.54) is 36.0 Å². The molecule has 0 N–H and O–H groups in total. The van der Waals surface area contributed by atoms with Crippen LogP contribution in [0.3, 0.4) is 0 Å². The minimum Gasteiger partial charge on any atom is -0.426 e. The van der Waals surface area contributed by atoms with Crippen molar-refractivity contribution in [3.63, 3.8) is 0 Å². The zero-order valence-corrected chi connectivity index (χ0v) is 23.0. The summed E-state index contributed by atoms with van der Waals surface area (Å²) in [6, 6.07) is 19.2. The van der Waals surface area contributed by atoms with Gasteiger partial charge in [-0.3, -0.25) is 24.3 Å². The number of aromatic nitrogens is 1. The molecule has 0 bridgehead atoms. The summed E-state index contributed by atoms with van der Waals surface area (Å²) in [6.45, 7) is 1.32. The molecule has 2 heterocycles. The maximum absolute atomic E-state index is 14.0. The van der Waals surface area contributed by atoms with E-state index in [0.29, 0.717) is 32.6 Å². The Morgan fingerprint density at radius 1 is 1.15 bits per heavy atom. The number of thiazole rings is 1. The zero-order chi connectivity index (χ0) is 27.3. The maximum atomic E-state index is 14.0. The first-order valence-corrected chi connectivity index (χ1v) is 13.8. The Kier molecular flexibility index (Phi) is 6.36. The Hall–Kier alpha value is -4.15. The first kappa shape index (κ1) is 25.1. The van der Waals surface area contributed by atoms with Crippen LogP contribution in [-0.2, 0) is 11.2 Å². The Labute approximate surface area is 234 Å². The Balaban J connectivity index is 1.62. The third kappa shape index (κ3) is 4.55. The number of carbonyl (C=O) groups is 1.